The van der Waals surface area contributed by atoms with Crippen molar-refractivity contribution in [1.82, 2.24) is 15.5 Å². The Hall–Kier alpha value is -1.85. The maximum Gasteiger partial charge on any atom is 0.227 e. The topological polar surface area (TPSA) is 69.8 Å². The number of H-pyrrole nitrogens is 1. The van der Waals surface area contributed by atoms with Crippen LogP contribution in [0.4, 0.5) is 5.69 Å². The summed E-state index contributed by atoms with van der Waals surface area (Å²) in [4.78, 5) is 12.4. The third-order valence-electron chi connectivity index (χ3n) is 3.95. The first-order valence-electron chi connectivity index (χ1n) is 7.37. The number of aromatic nitrogens is 2. The Kier molecular flexibility index (Phi) is 5.57. The van der Waals surface area contributed by atoms with E-state index in [4.69, 9.17) is 0 Å². The Bertz CT molecular complexity index is 614. The van der Waals surface area contributed by atoms with Crippen molar-refractivity contribution in [3.63, 3.8) is 0 Å². The highest BCUT2D eigenvalue weighted by molar-refractivity contribution is 5.95. The average Bonchev–Trinajstić information content (AvgIpc) is 2.96. The summed E-state index contributed by atoms with van der Waals surface area (Å²) in [5, 5.41) is 13.4. The molecule has 3 N–H and O–H groups in total. The molecule has 1 aliphatic rings. The number of amides is 1. The fourth-order valence-corrected chi connectivity index (χ4v) is 2.81. The number of nitrogens with zero attached hydrogens (tertiary/aromatic N) is 1. The minimum Gasteiger partial charge on any atom is -0.323 e. The van der Waals surface area contributed by atoms with Gasteiger partial charge in [0.2, 0.25) is 5.91 Å². The van der Waals surface area contributed by atoms with Crippen molar-refractivity contribution in [1.29, 1.82) is 0 Å². The van der Waals surface area contributed by atoms with E-state index in [0.29, 0.717) is 6.04 Å². The Morgan fingerprint density at radius 3 is 2.82 bits per heavy atom. The molecule has 1 saturated heterocycles. The maximum absolute atomic E-state index is 12.4. The maximum atomic E-state index is 12.4. The van der Waals surface area contributed by atoms with Gasteiger partial charge in [-0.3, -0.25) is 9.89 Å². The third-order valence-corrected chi connectivity index (χ3v) is 3.95. The number of nitrogens with one attached hydrogen (secondary N) is 3. The summed E-state index contributed by atoms with van der Waals surface area (Å²) in [5.74, 6) is 0.154. The van der Waals surface area contributed by atoms with Gasteiger partial charge in [0.1, 0.15) is 0 Å². The highest BCUT2D eigenvalue weighted by Gasteiger charge is 2.25. The van der Waals surface area contributed by atoms with Crippen LogP contribution in [0.1, 0.15) is 19.8 Å². The molecule has 1 amide bonds. The molecule has 1 aromatic heterocycles. The molecular weight excluding hydrogens is 300 g/mol. The van der Waals surface area contributed by atoms with Crippen LogP contribution in [0.2, 0.25) is 0 Å². The Morgan fingerprint density at radius 2 is 2.09 bits per heavy atom. The summed E-state index contributed by atoms with van der Waals surface area (Å²) in [6, 6.07) is 10.3. The number of hydrogen-bond donors (Lipinski definition) is 3. The second kappa shape index (κ2) is 7.42. The fourth-order valence-electron chi connectivity index (χ4n) is 2.81. The van der Waals surface area contributed by atoms with Crippen LogP contribution in [0.3, 0.4) is 0 Å². The molecule has 1 fully saturated rings. The SMILES string of the molecule is C[C@H]1C[C@@H](C(=O)Nc2cn[nH]c2-c2ccccc2)CCN1.Cl. The van der Waals surface area contributed by atoms with Gasteiger partial charge in [-0.1, -0.05) is 30.3 Å². The van der Waals surface area contributed by atoms with Crippen LogP contribution in [0, 0.1) is 5.92 Å². The van der Waals surface area contributed by atoms with E-state index < -0.39 is 0 Å². The van der Waals surface area contributed by atoms with Gasteiger partial charge in [-0.2, -0.15) is 5.10 Å². The van der Waals surface area contributed by atoms with E-state index in [2.05, 4.69) is 27.8 Å². The quantitative estimate of drug-likeness (QED) is 0.814. The summed E-state index contributed by atoms with van der Waals surface area (Å²) in [6.45, 7) is 3.02. The number of carbonyl (C=O) groups excluding carboxylic acids is 1. The van der Waals surface area contributed by atoms with Gasteiger partial charge in [-0.25, -0.2) is 0 Å². The van der Waals surface area contributed by atoms with Crippen molar-refractivity contribution >= 4 is 24.0 Å². The first-order chi connectivity index (χ1) is 10.2. The second-order valence-corrected chi connectivity index (χ2v) is 5.59. The smallest absolute Gasteiger partial charge is 0.227 e. The second-order valence-electron chi connectivity index (χ2n) is 5.59. The molecule has 0 bridgehead atoms. The van der Waals surface area contributed by atoms with E-state index in [1.807, 2.05) is 30.3 Å². The van der Waals surface area contributed by atoms with Crippen molar-refractivity contribution in [2.75, 3.05) is 11.9 Å². The van der Waals surface area contributed by atoms with Crippen LogP contribution >= 0.6 is 12.4 Å². The molecule has 2 aromatic rings. The van der Waals surface area contributed by atoms with E-state index >= 15 is 0 Å². The van der Waals surface area contributed by atoms with Crippen molar-refractivity contribution in [2.45, 2.75) is 25.8 Å². The monoisotopic (exact) mass is 320 g/mol. The van der Waals surface area contributed by atoms with E-state index in [1.165, 1.54) is 0 Å². The van der Waals surface area contributed by atoms with Crippen LogP contribution in [0.5, 0.6) is 0 Å². The summed E-state index contributed by atoms with van der Waals surface area (Å²) < 4.78 is 0. The Balaban J connectivity index is 0.00000176. The molecule has 0 saturated carbocycles. The lowest BCUT2D eigenvalue weighted by molar-refractivity contribution is -0.120. The van der Waals surface area contributed by atoms with Crippen molar-refractivity contribution in [3.05, 3.63) is 36.5 Å². The van der Waals surface area contributed by atoms with Gasteiger partial charge in [0, 0.05) is 17.5 Å². The van der Waals surface area contributed by atoms with Gasteiger partial charge in [-0.15, -0.1) is 12.4 Å². The molecule has 22 heavy (non-hydrogen) atoms. The predicted octanol–water partition coefficient (Wildman–Crippen LogP) is 2.83. The van der Waals surface area contributed by atoms with Gasteiger partial charge in [-0.05, 0) is 26.3 Å². The molecule has 0 spiro atoms. The molecule has 2 atom stereocenters. The normalized spacial score (nSPS) is 21.0. The van der Waals surface area contributed by atoms with Gasteiger partial charge in [0.25, 0.3) is 0 Å². The summed E-state index contributed by atoms with van der Waals surface area (Å²) in [7, 11) is 0. The number of rotatable bonds is 3. The molecule has 6 heteroatoms. The van der Waals surface area contributed by atoms with E-state index in [0.717, 1.165) is 36.3 Å². The lowest BCUT2D eigenvalue weighted by atomic mass is 9.92. The molecule has 1 aromatic carbocycles. The van der Waals surface area contributed by atoms with Crippen LogP contribution in [-0.4, -0.2) is 28.7 Å². The Labute approximate surface area is 136 Å². The summed E-state index contributed by atoms with van der Waals surface area (Å²) in [6.07, 6.45) is 3.43. The molecule has 3 rings (SSSR count). The first kappa shape index (κ1) is 16.5. The van der Waals surface area contributed by atoms with Gasteiger partial charge >= 0.3 is 0 Å². The van der Waals surface area contributed by atoms with E-state index in [-0.39, 0.29) is 24.2 Å². The number of aromatic amines is 1. The Morgan fingerprint density at radius 1 is 1.32 bits per heavy atom. The van der Waals surface area contributed by atoms with Crippen LogP contribution < -0.4 is 10.6 Å². The molecule has 0 radical (unpaired) electrons. The largest absolute Gasteiger partial charge is 0.323 e. The van der Waals surface area contributed by atoms with Crippen LogP contribution in [0.15, 0.2) is 36.5 Å². The van der Waals surface area contributed by atoms with Crippen molar-refractivity contribution in [3.8, 4) is 11.3 Å². The molecular formula is C16H21ClN4O. The number of carbonyl (C=O) groups is 1. The van der Waals surface area contributed by atoms with Crippen LogP contribution in [-0.2, 0) is 4.79 Å². The lowest BCUT2D eigenvalue weighted by Crippen LogP contribution is -2.40. The zero-order chi connectivity index (χ0) is 14.7. The first-order valence-corrected chi connectivity index (χ1v) is 7.37. The average molecular weight is 321 g/mol. The molecule has 1 aliphatic heterocycles. The van der Waals surface area contributed by atoms with Gasteiger partial charge < -0.3 is 10.6 Å². The van der Waals surface area contributed by atoms with Gasteiger partial charge in [0.15, 0.2) is 0 Å². The zero-order valence-corrected chi connectivity index (χ0v) is 13.3. The van der Waals surface area contributed by atoms with Crippen LogP contribution in [0.25, 0.3) is 11.3 Å². The number of hydrogen-bond acceptors (Lipinski definition) is 3. The van der Waals surface area contributed by atoms with Crippen molar-refractivity contribution in [2.24, 2.45) is 5.92 Å². The highest BCUT2D eigenvalue weighted by atomic mass is 35.5. The molecule has 118 valence electrons. The minimum absolute atomic E-state index is 0. The number of piperidine rings is 1. The van der Waals surface area contributed by atoms with E-state index in [1.54, 1.807) is 6.20 Å². The number of halogens is 1. The molecule has 0 unspecified atom stereocenters. The summed E-state index contributed by atoms with van der Waals surface area (Å²) >= 11 is 0. The standard InChI is InChI=1S/C16H20N4O.ClH/c1-11-9-13(7-8-17-11)16(21)19-14-10-18-20-15(14)12-5-3-2-4-6-12;/h2-6,10-11,13,17H,7-9H2,1H3,(H,18,20)(H,19,21);1H/t11-,13-;/m0./s1. The lowest BCUT2D eigenvalue weighted by Gasteiger charge is -2.27. The highest BCUT2D eigenvalue weighted by Crippen LogP contribution is 2.26. The predicted molar refractivity (Wildman–Crippen MR) is 90.1 cm³/mol. The minimum atomic E-state index is 0. The number of anilines is 1. The fraction of sp³-hybridized carbons (Fsp3) is 0.375. The molecule has 0 aliphatic carbocycles. The van der Waals surface area contributed by atoms with Gasteiger partial charge in [0.05, 0.1) is 17.6 Å². The van der Waals surface area contributed by atoms with E-state index in [9.17, 15) is 4.79 Å². The molecule has 5 nitrogen and oxygen atoms in total. The summed E-state index contributed by atoms with van der Waals surface area (Å²) in [5.41, 5.74) is 2.62. The third kappa shape index (κ3) is 3.67. The molecule has 2 heterocycles. The number of benzene rings is 1. The van der Waals surface area contributed by atoms with Crippen molar-refractivity contribution < 1.29 is 4.79 Å². The zero-order valence-electron chi connectivity index (χ0n) is 12.5.